The number of aliphatic imine (C=N–C) groups is 1. The largest absolute Gasteiger partial charge is 0.419 e. The van der Waals surface area contributed by atoms with E-state index in [1.54, 1.807) is 24.3 Å². The van der Waals surface area contributed by atoms with Gasteiger partial charge in [0.15, 0.2) is 5.82 Å². The lowest BCUT2D eigenvalue weighted by Gasteiger charge is -2.26. The SMILES string of the molecule is N=NC(N)=NC(=O)c1ccc(CN(C(=O)Nc2cccc(C(F)(F)F)c2F)c2ccc(C3CCCCC3)cc2)cc1. The maximum atomic E-state index is 14.7. The number of nitrogens with two attached hydrogens (primary N) is 1. The molecule has 0 atom stereocenters. The Morgan fingerprint density at radius 1 is 0.976 bits per heavy atom. The van der Waals surface area contributed by atoms with Crippen LogP contribution in [-0.4, -0.2) is 17.9 Å². The van der Waals surface area contributed by atoms with Crippen LogP contribution in [0.5, 0.6) is 0 Å². The first-order chi connectivity index (χ1) is 19.6. The molecule has 4 rings (SSSR count). The number of urea groups is 1. The number of guanidine groups is 1. The average Bonchev–Trinajstić information content (AvgIpc) is 2.97. The minimum Gasteiger partial charge on any atom is -0.366 e. The summed E-state index contributed by atoms with van der Waals surface area (Å²) in [5, 5.41) is 5.15. The summed E-state index contributed by atoms with van der Waals surface area (Å²) in [4.78, 5) is 30.3. The molecule has 12 heteroatoms. The van der Waals surface area contributed by atoms with E-state index in [4.69, 9.17) is 11.3 Å². The zero-order valence-corrected chi connectivity index (χ0v) is 21.9. The molecular formula is C29H28F4N6O2. The summed E-state index contributed by atoms with van der Waals surface area (Å²) in [5.41, 5.74) is 12.3. The molecule has 1 aliphatic rings. The van der Waals surface area contributed by atoms with Gasteiger partial charge in [0.2, 0.25) is 5.96 Å². The monoisotopic (exact) mass is 568 g/mol. The van der Waals surface area contributed by atoms with Crippen molar-refractivity contribution < 1.29 is 27.2 Å². The van der Waals surface area contributed by atoms with Gasteiger partial charge in [0, 0.05) is 11.3 Å². The highest BCUT2D eigenvalue weighted by molar-refractivity contribution is 6.03. The molecule has 0 heterocycles. The zero-order valence-electron chi connectivity index (χ0n) is 21.9. The van der Waals surface area contributed by atoms with E-state index in [2.05, 4.69) is 15.4 Å². The number of amides is 3. The van der Waals surface area contributed by atoms with Crippen molar-refractivity contribution in [2.24, 2.45) is 15.8 Å². The number of alkyl halides is 3. The summed E-state index contributed by atoms with van der Waals surface area (Å²) in [7, 11) is 0. The Balaban J connectivity index is 1.62. The van der Waals surface area contributed by atoms with Gasteiger partial charge in [0.1, 0.15) is 0 Å². The van der Waals surface area contributed by atoms with E-state index < -0.39 is 41.1 Å². The van der Waals surface area contributed by atoms with E-state index in [9.17, 15) is 27.2 Å². The smallest absolute Gasteiger partial charge is 0.366 e. The third-order valence-corrected chi connectivity index (χ3v) is 6.94. The van der Waals surface area contributed by atoms with Crippen molar-refractivity contribution in [2.45, 2.75) is 50.7 Å². The van der Waals surface area contributed by atoms with Gasteiger partial charge >= 0.3 is 12.2 Å². The van der Waals surface area contributed by atoms with Gasteiger partial charge < -0.3 is 11.1 Å². The molecule has 0 unspecified atom stereocenters. The quantitative estimate of drug-likeness (QED) is 0.123. The normalized spacial score (nSPS) is 14.4. The summed E-state index contributed by atoms with van der Waals surface area (Å²) >= 11 is 0. The van der Waals surface area contributed by atoms with Crippen LogP contribution in [-0.2, 0) is 12.7 Å². The Hall–Kier alpha value is -4.61. The fraction of sp³-hybridized carbons (Fsp3) is 0.276. The summed E-state index contributed by atoms with van der Waals surface area (Å²) in [6.45, 7) is -0.0445. The summed E-state index contributed by atoms with van der Waals surface area (Å²) in [6, 6.07) is 15.2. The van der Waals surface area contributed by atoms with E-state index >= 15 is 0 Å². The number of anilines is 2. The summed E-state index contributed by atoms with van der Waals surface area (Å²) in [5.74, 6) is -2.37. The van der Waals surface area contributed by atoms with Crippen LogP contribution in [0.4, 0.5) is 33.7 Å². The van der Waals surface area contributed by atoms with E-state index in [0.717, 1.165) is 43.4 Å². The first-order valence-electron chi connectivity index (χ1n) is 13.0. The average molecular weight is 569 g/mol. The first kappa shape index (κ1) is 29.4. The lowest BCUT2D eigenvalue weighted by Crippen LogP contribution is -2.35. The van der Waals surface area contributed by atoms with Crippen LogP contribution < -0.4 is 16.0 Å². The highest BCUT2D eigenvalue weighted by Crippen LogP contribution is 2.35. The lowest BCUT2D eigenvalue weighted by atomic mass is 9.84. The topological polar surface area (TPSA) is 124 Å². The molecule has 1 fully saturated rings. The molecule has 1 saturated carbocycles. The first-order valence-corrected chi connectivity index (χ1v) is 13.0. The molecule has 3 aromatic carbocycles. The van der Waals surface area contributed by atoms with Crippen LogP contribution in [0.25, 0.3) is 0 Å². The number of benzene rings is 3. The second-order valence-electron chi connectivity index (χ2n) is 9.69. The van der Waals surface area contributed by atoms with Gasteiger partial charge in [0.05, 0.1) is 17.8 Å². The van der Waals surface area contributed by atoms with Crippen LogP contribution in [0.15, 0.2) is 76.8 Å². The van der Waals surface area contributed by atoms with E-state index in [1.165, 1.54) is 23.5 Å². The predicted molar refractivity (Wildman–Crippen MR) is 146 cm³/mol. The molecule has 0 saturated heterocycles. The summed E-state index contributed by atoms with van der Waals surface area (Å²) in [6.07, 6.45) is 0.736. The second-order valence-corrected chi connectivity index (χ2v) is 9.69. The Labute approximate surface area is 233 Å². The molecule has 1 aliphatic carbocycles. The molecule has 0 spiro atoms. The number of carbonyl (C=O) groups is 2. The molecule has 0 radical (unpaired) electrons. The van der Waals surface area contributed by atoms with Crippen molar-refractivity contribution in [2.75, 3.05) is 10.2 Å². The highest BCUT2D eigenvalue weighted by atomic mass is 19.4. The van der Waals surface area contributed by atoms with Crippen molar-refractivity contribution in [1.29, 1.82) is 5.53 Å². The molecule has 3 amide bonds. The number of hydrogen-bond acceptors (Lipinski definition) is 3. The number of nitrogens with one attached hydrogen (secondary N) is 2. The third-order valence-electron chi connectivity index (χ3n) is 6.94. The summed E-state index contributed by atoms with van der Waals surface area (Å²) < 4.78 is 54.4. The van der Waals surface area contributed by atoms with Crippen LogP contribution in [0.2, 0.25) is 0 Å². The molecule has 8 nitrogen and oxygen atoms in total. The number of carbonyl (C=O) groups excluding carboxylic acids is 2. The van der Waals surface area contributed by atoms with Gasteiger partial charge in [0.25, 0.3) is 5.91 Å². The van der Waals surface area contributed by atoms with Crippen molar-refractivity contribution >= 4 is 29.3 Å². The molecule has 214 valence electrons. The molecule has 41 heavy (non-hydrogen) atoms. The van der Waals surface area contributed by atoms with Gasteiger partial charge in [-0.2, -0.15) is 18.2 Å². The highest BCUT2D eigenvalue weighted by Gasteiger charge is 2.35. The van der Waals surface area contributed by atoms with Crippen molar-refractivity contribution in [1.82, 2.24) is 0 Å². The number of halogens is 4. The molecular weight excluding hydrogens is 540 g/mol. The fourth-order valence-electron chi connectivity index (χ4n) is 4.80. The molecule has 3 aromatic rings. The molecule has 0 aliphatic heterocycles. The van der Waals surface area contributed by atoms with Crippen LogP contribution in [0.3, 0.4) is 0 Å². The Bertz CT molecular complexity index is 1430. The number of rotatable bonds is 6. The maximum Gasteiger partial charge on any atom is 0.419 e. The zero-order chi connectivity index (χ0) is 29.6. The van der Waals surface area contributed by atoms with Crippen LogP contribution in [0, 0.1) is 11.3 Å². The van der Waals surface area contributed by atoms with Crippen LogP contribution in [0.1, 0.15) is 65.1 Å². The van der Waals surface area contributed by atoms with E-state index in [0.29, 0.717) is 23.2 Å². The second kappa shape index (κ2) is 12.7. The van der Waals surface area contributed by atoms with Crippen molar-refractivity contribution in [3.8, 4) is 0 Å². The number of nitrogens with zero attached hydrogens (tertiary/aromatic N) is 3. The van der Waals surface area contributed by atoms with Gasteiger partial charge in [-0.3, -0.25) is 9.69 Å². The van der Waals surface area contributed by atoms with Crippen molar-refractivity contribution in [3.05, 3.63) is 94.8 Å². The van der Waals surface area contributed by atoms with Gasteiger partial charge in [-0.15, -0.1) is 5.11 Å². The van der Waals surface area contributed by atoms with E-state index in [1.807, 2.05) is 12.1 Å². The number of hydrogen-bond donors (Lipinski definition) is 3. The minimum absolute atomic E-state index is 0.0445. The Kier molecular flexibility index (Phi) is 9.10. The maximum absolute atomic E-state index is 14.7. The van der Waals surface area contributed by atoms with Gasteiger partial charge in [-0.05, 0) is 66.3 Å². The molecule has 0 aromatic heterocycles. The van der Waals surface area contributed by atoms with E-state index in [-0.39, 0.29) is 12.1 Å². The lowest BCUT2D eigenvalue weighted by molar-refractivity contribution is -0.139. The minimum atomic E-state index is -4.93. The van der Waals surface area contributed by atoms with Crippen molar-refractivity contribution in [3.63, 3.8) is 0 Å². The predicted octanol–water partition coefficient (Wildman–Crippen LogP) is 7.62. The third kappa shape index (κ3) is 7.33. The molecule has 0 bridgehead atoms. The Morgan fingerprint density at radius 3 is 2.24 bits per heavy atom. The fourth-order valence-corrected chi connectivity index (χ4v) is 4.80. The van der Waals surface area contributed by atoms with Gasteiger partial charge in [-0.25, -0.2) is 14.7 Å². The van der Waals surface area contributed by atoms with Gasteiger partial charge in [-0.1, -0.05) is 49.6 Å². The Morgan fingerprint density at radius 2 is 1.63 bits per heavy atom. The van der Waals surface area contributed by atoms with Crippen LogP contribution >= 0.6 is 0 Å². The molecule has 4 N–H and O–H groups in total. The standard InChI is InChI=1S/C29H28F4N6O2/c30-25-23(29(31,32)33)7-4-8-24(25)36-28(41)39(22-15-13-20(14-16-22)19-5-2-1-3-6-19)17-18-9-11-21(12-10-18)26(40)37-27(34)38-35/h4,7-16,19,35H,1-3,5-6,17H2,(H,36,41)(H2,34,37,40).